The van der Waals surface area contributed by atoms with E-state index in [1.165, 1.54) is 13.2 Å². The molecule has 0 unspecified atom stereocenters. The predicted molar refractivity (Wildman–Crippen MR) is 93.5 cm³/mol. The van der Waals surface area contributed by atoms with Gasteiger partial charge in [-0.05, 0) is 19.1 Å². The van der Waals surface area contributed by atoms with Gasteiger partial charge in [-0.2, -0.15) is 0 Å². The number of hydrogen-bond acceptors (Lipinski definition) is 5. The van der Waals surface area contributed by atoms with Gasteiger partial charge in [0.25, 0.3) is 0 Å². The Morgan fingerprint density at radius 1 is 1.12 bits per heavy atom. The summed E-state index contributed by atoms with van der Waals surface area (Å²) in [5.74, 6) is 1.13. The maximum absolute atomic E-state index is 12.3. The summed E-state index contributed by atoms with van der Waals surface area (Å²) in [6, 6.07) is 16.2. The van der Waals surface area contributed by atoms with Gasteiger partial charge in [0.15, 0.2) is 5.43 Å². The number of hydrogen-bond donors (Lipinski definition) is 0. The molecular formula is C19H17NO4. The lowest BCUT2D eigenvalue weighted by molar-refractivity contribution is 0.209. The predicted octanol–water partition coefficient (Wildman–Crippen LogP) is 3.86. The van der Waals surface area contributed by atoms with Crippen LogP contribution in [0.1, 0.15) is 6.92 Å². The van der Waals surface area contributed by atoms with Crippen LogP contribution in [0.15, 0.2) is 69.0 Å². The maximum atomic E-state index is 12.3. The second kappa shape index (κ2) is 7.00. The van der Waals surface area contributed by atoms with Crippen LogP contribution in [0.5, 0.6) is 5.75 Å². The van der Waals surface area contributed by atoms with Gasteiger partial charge in [0.05, 0.1) is 11.1 Å². The summed E-state index contributed by atoms with van der Waals surface area (Å²) >= 11 is 0. The van der Waals surface area contributed by atoms with Gasteiger partial charge in [0.1, 0.15) is 30.8 Å². The van der Waals surface area contributed by atoms with E-state index in [4.69, 9.17) is 14.0 Å². The lowest BCUT2D eigenvalue weighted by Crippen LogP contribution is -2.08. The quantitative estimate of drug-likeness (QED) is 0.528. The van der Waals surface area contributed by atoms with Crippen molar-refractivity contribution in [3.05, 3.63) is 64.8 Å². The zero-order chi connectivity index (χ0) is 16.9. The minimum atomic E-state index is -0.0845. The molecule has 1 aromatic heterocycles. The molecule has 5 heteroatoms. The number of benzene rings is 2. The largest absolute Gasteiger partial charge is 0.487 e. The molecule has 122 valence electrons. The third-order valence-corrected chi connectivity index (χ3v) is 3.45. The first-order valence-electron chi connectivity index (χ1n) is 7.50. The summed E-state index contributed by atoms with van der Waals surface area (Å²) < 4.78 is 11.5. The Morgan fingerprint density at radius 3 is 2.67 bits per heavy atom. The van der Waals surface area contributed by atoms with E-state index in [1.807, 2.05) is 30.3 Å². The molecule has 0 atom stereocenters. The topological polar surface area (TPSA) is 61.0 Å². The molecule has 24 heavy (non-hydrogen) atoms. The van der Waals surface area contributed by atoms with Crippen molar-refractivity contribution in [2.24, 2.45) is 5.16 Å². The van der Waals surface area contributed by atoms with Gasteiger partial charge in [0.2, 0.25) is 0 Å². The molecule has 0 saturated heterocycles. The molecule has 3 rings (SSSR count). The Morgan fingerprint density at radius 2 is 1.92 bits per heavy atom. The summed E-state index contributed by atoms with van der Waals surface area (Å²) in [4.78, 5) is 17.0. The average Bonchev–Trinajstić information content (AvgIpc) is 2.60. The van der Waals surface area contributed by atoms with E-state index in [2.05, 4.69) is 5.16 Å². The van der Waals surface area contributed by atoms with Crippen LogP contribution >= 0.6 is 0 Å². The molecule has 0 radical (unpaired) electrons. The van der Waals surface area contributed by atoms with Gasteiger partial charge < -0.3 is 14.0 Å². The highest BCUT2D eigenvalue weighted by molar-refractivity contribution is 5.83. The van der Waals surface area contributed by atoms with Gasteiger partial charge in [-0.25, -0.2) is 0 Å². The number of nitrogens with zero attached hydrogens (tertiary/aromatic N) is 1. The summed E-state index contributed by atoms with van der Waals surface area (Å²) in [6.45, 7) is 2.10. The molecule has 3 aromatic rings. The van der Waals surface area contributed by atoms with Crippen molar-refractivity contribution in [2.45, 2.75) is 6.92 Å². The molecule has 5 nitrogen and oxygen atoms in total. The molecule has 0 saturated carbocycles. The third kappa shape index (κ3) is 3.46. The van der Waals surface area contributed by atoms with Crippen molar-refractivity contribution in [3.63, 3.8) is 0 Å². The van der Waals surface area contributed by atoms with Crippen LogP contribution in [-0.2, 0) is 4.84 Å². The van der Waals surface area contributed by atoms with Crippen molar-refractivity contribution in [1.82, 2.24) is 0 Å². The highest BCUT2D eigenvalue weighted by Crippen LogP contribution is 2.24. The number of oxime groups is 1. The Balaban J connectivity index is 1.96. The van der Waals surface area contributed by atoms with E-state index in [1.54, 1.807) is 25.1 Å². The Kier molecular flexibility index (Phi) is 4.61. The van der Waals surface area contributed by atoms with Crippen LogP contribution in [0.25, 0.3) is 22.3 Å². The van der Waals surface area contributed by atoms with E-state index in [9.17, 15) is 4.79 Å². The molecule has 1 heterocycles. The standard InChI is InChI=1S/C19H17NO4/c1-13(20-22-2)12-23-15-8-9-16-17(21)11-18(24-19(16)10-15)14-6-4-3-5-7-14/h3-11H,12H2,1-2H3/b20-13+. The first-order chi connectivity index (χ1) is 11.7. The Bertz CT molecular complexity index is 929. The monoisotopic (exact) mass is 323 g/mol. The summed E-state index contributed by atoms with van der Waals surface area (Å²) in [5.41, 5.74) is 1.96. The van der Waals surface area contributed by atoms with Crippen LogP contribution in [0.4, 0.5) is 0 Å². The molecule has 0 amide bonds. The molecule has 2 aromatic carbocycles. The molecule has 0 fully saturated rings. The molecule has 0 spiro atoms. The summed E-state index contributed by atoms with van der Waals surface area (Å²) in [7, 11) is 1.49. The van der Waals surface area contributed by atoms with E-state index < -0.39 is 0 Å². The zero-order valence-corrected chi connectivity index (χ0v) is 13.5. The number of fused-ring (bicyclic) bond motifs is 1. The molecule has 0 aliphatic rings. The van der Waals surface area contributed by atoms with Crippen molar-refractivity contribution in [3.8, 4) is 17.1 Å². The fourth-order valence-corrected chi connectivity index (χ4v) is 2.34. The molecular weight excluding hydrogens is 306 g/mol. The first-order valence-corrected chi connectivity index (χ1v) is 7.50. The molecule has 0 N–H and O–H groups in total. The lowest BCUT2D eigenvalue weighted by atomic mass is 10.1. The average molecular weight is 323 g/mol. The second-order valence-electron chi connectivity index (χ2n) is 5.30. The van der Waals surface area contributed by atoms with Gasteiger partial charge >= 0.3 is 0 Å². The molecule has 0 aliphatic carbocycles. The lowest BCUT2D eigenvalue weighted by Gasteiger charge is -2.07. The number of rotatable bonds is 5. The molecule has 0 bridgehead atoms. The minimum absolute atomic E-state index is 0.0845. The normalized spacial score (nSPS) is 11.5. The van der Waals surface area contributed by atoms with Crippen molar-refractivity contribution < 1.29 is 14.0 Å². The number of ether oxygens (including phenoxy) is 1. The third-order valence-electron chi connectivity index (χ3n) is 3.45. The Hall–Kier alpha value is -3.08. The fourth-order valence-electron chi connectivity index (χ4n) is 2.34. The van der Waals surface area contributed by atoms with Crippen molar-refractivity contribution in [2.75, 3.05) is 13.7 Å². The SMILES string of the molecule is CO/N=C(\C)COc1ccc2c(=O)cc(-c3ccccc3)oc2c1. The van der Waals surface area contributed by atoms with Crippen LogP contribution in [-0.4, -0.2) is 19.4 Å². The van der Waals surface area contributed by atoms with Crippen LogP contribution in [0.2, 0.25) is 0 Å². The summed E-state index contributed by atoms with van der Waals surface area (Å²) in [6.07, 6.45) is 0. The highest BCUT2D eigenvalue weighted by Gasteiger charge is 2.08. The zero-order valence-electron chi connectivity index (χ0n) is 13.5. The van der Waals surface area contributed by atoms with E-state index in [-0.39, 0.29) is 5.43 Å². The highest BCUT2D eigenvalue weighted by atomic mass is 16.6. The van der Waals surface area contributed by atoms with Gasteiger partial charge in [-0.15, -0.1) is 0 Å². The van der Waals surface area contributed by atoms with Gasteiger partial charge in [-0.1, -0.05) is 35.5 Å². The second-order valence-corrected chi connectivity index (χ2v) is 5.30. The first kappa shape index (κ1) is 15.8. The van der Waals surface area contributed by atoms with Crippen molar-refractivity contribution >= 4 is 16.7 Å². The fraction of sp³-hybridized carbons (Fsp3) is 0.158. The minimum Gasteiger partial charge on any atom is -0.487 e. The smallest absolute Gasteiger partial charge is 0.193 e. The maximum Gasteiger partial charge on any atom is 0.193 e. The van der Waals surface area contributed by atoms with E-state index in [0.29, 0.717) is 34.8 Å². The Labute approximate surface area is 139 Å². The summed E-state index contributed by atoms with van der Waals surface area (Å²) in [5, 5.41) is 4.31. The van der Waals surface area contributed by atoms with Crippen LogP contribution < -0.4 is 10.2 Å². The van der Waals surface area contributed by atoms with Crippen LogP contribution in [0.3, 0.4) is 0 Å². The van der Waals surface area contributed by atoms with Gasteiger partial charge in [-0.3, -0.25) is 4.79 Å². The van der Waals surface area contributed by atoms with E-state index >= 15 is 0 Å². The van der Waals surface area contributed by atoms with Crippen LogP contribution in [0, 0.1) is 0 Å². The van der Waals surface area contributed by atoms with E-state index in [0.717, 1.165) is 5.56 Å². The van der Waals surface area contributed by atoms with Crippen molar-refractivity contribution in [1.29, 1.82) is 0 Å². The van der Waals surface area contributed by atoms with Gasteiger partial charge in [0, 0.05) is 17.7 Å². The molecule has 0 aliphatic heterocycles.